The first kappa shape index (κ1) is 15.6. The van der Waals surface area contributed by atoms with Gasteiger partial charge in [0.05, 0.1) is 6.61 Å². The quantitative estimate of drug-likeness (QED) is 0.494. The Morgan fingerprint density at radius 2 is 2.14 bits per heavy atom. The molecule has 1 aromatic rings. The highest BCUT2D eigenvalue weighted by Crippen LogP contribution is 2.12. The van der Waals surface area contributed by atoms with Crippen LogP contribution in [0.3, 0.4) is 0 Å². The van der Waals surface area contributed by atoms with Crippen molar-refractivity contribution >= 4 is 11.8 Å². The first-order valence-corrected chi connectivity index (χ1v) is 7.54. The number of nitrogens with zero attached hydrogens (tertiary/aromatic N) is 4. The number of pyridine rings is 1. The van der Waals surface area contributed by atoms with E-state index in [0.717, 1.165) is 51.1 Å². The molecule has 0 unspecified atom stereocenters. The minimum Gasteiger partial charge on any atom is -0.380 e. The average molecular weight is 291 g/mol. The molecule has 0 radical (unpaired) electrons. The van der Waals surface area contributed by atoms with Crippen LogP contribution in [-0.2, 0) is 4.74 Å². The fraction of sp³-hybridized carbons (Fsp3) is 0.600. The number of anilines is 1. The molecule has 1 fully saturated rings. The number of hydrogen-bond acceptors (Lipinski definition) is 4. The highest BCUT2D eigenvalue weighted by atomic mass is 16.5. The second-order valence-corrected chi connectivity index (χ2v) is 4.83. The maximum atomic E-state index is 5.34. The Hall–Kier alpha value is -1.82. The maximum absolute atomic E-state index is 5.34. The van der Waals surface area contributed by atoms with Crippen LogP contribution in [0.25, 0.3) is 0 Å². The first-order valence-electron chi connectivity index (χ1n) is 7.54. The number of rotatable bonds is 5. The Kier molecular flexibility index (Phi) is 6.27. The molecule has 0 spiro atoms. The molecule has 116 valence electrons. The zero-order valence-electron chi connectivity index (χ0n) is 13.0. The lowest BCUT2D eigenvalue weighted by Crippen LogP contribution is -2.53. The Morgan fingerprint density at radius 3 is 2.76 bits per heavy atom. The van der Waals surface area contributed by atoms with E-state index in [1.807, 2.05) is 32.3 Å². The van der Waals surface area contributed by atoms with Gasteiger partial charge >= 0.3 is 0 Å². The molecule has 1 aliphatic rings. The van der Waals surface area contributed by atoms with E-state index in [4.69, 9.17) is 4.74 Å². The van der Waals surface area contributed by atoms with E-state index in [-0.39, 0.29) is 0 Å². The number of hydrogen-bond donors (Lipinski definition) is 1. The van der Waals surface area contributed by atoms with E-state index in [0.29, 0.717) is 6.61 Å². The molecule has 6 heteroatoms. The normalized spacial score (nSPS) is 16.2. The topological polar surface area (TPSA) is 53.0 Å². The summed E-state index contributed by atoms with van der Waals surface area (Å²) in [7, 11) is 1.83. The van der Waals surface area contributed by atoms with Gasteiger partial charge in [-0.2, -0.15) is 0 Å². The second kappa shape index (κ2) is 8.46. The monoisotopic (exact) mass is 291 g/mol. The van der Waals surface area contributed by atoms with Gasteiger partial charge in [-0.15, -0.1) is 0 Å². The molecule has 1 aromatic heterocycles. The SMILES string of the molecule is CCOCCNC(=NC)N1CCN(c2ccccn2)CC1. The van der Waals surface area contributed by atoms with Crippen LogP contribution in [0.4, 0.5) is 5.82 Å². The number of aromatic nitrogens is 1. The van der Waals surface area contributed by atoms with Gasteiger partial charge in [-0.25, -0.2) is 4.98 Å². The third-order valence-corrected chi connectivity index (χ3v) is 3.50. The first-order chi connectivity index (χ1) is 10.3. The molecule has 6 nitrogen and oxygen atoms in total. The van der Waals surface area contributed by atoms with Crippen LogP contribution >= 0.6 is 0 Å². The zero-order valence-corrected chi connectivity index (χ0v) is 13.0. The van der Waals surface area contributed by atoms with Crippen LogP contribution in [-0.4, -0.2) is 68.8 Å². The standard InChI is InChI=1S/C15H25N5O/c1-3-21-13-8-18-15(16-2)20-11-9-19(10-12-20)14-6-4-5-7-17-14/h4-7H,3,8-13H2,1-2H3,(H,16,18). The molecule has 1 N–H and O–H groups in total. The Labute approximate surface area is 126 Å². The molecule has 0 aliphatic carbocycles. The van der Waals surface area contributed by atoms with Crippen molar-refractivity contribution in [1.82, 2.24) is 15.2 Å². The zero-order chi connectivity index (χ0) is 14.9. The van der Waals surface area contributed by atoms with Gasteiger partial charge in [0.1, 0.15) is 5.82 Å². The summed E-state index contributed by atoms with van der Waals surface area (Å²) in [5.41, 5.74) is 0. The van der Waals surface area contributed by atoms with Crippen molar-refractivity contribution in [2.75, 3.05) is 57.9 Å². The summed E-state index contributed by atoms with van der Waals surface area (Å²) in [6, 6.07) is 6.04. The van der Waals surface area contributed by atoms with E-state index in [9.17, 15) is 0 Å². The predicted octanol–water partition coefficient (Wildman–Crippen LogP) is 0.815. The lowest BCUT2D eigenvalue weighted by Gasteiger charge is -2.37. The number of aliphatic imine (C=N–C) groups is 1. The van der Waals surface area contributed by atoms with Crippen molar-refractivity contribution in [1.29, 1.82) is 0 Å². The smallest absolute Gasteiger partial charge is 0.193 e. The highest BCUT2D eigenvalue weighted by molar-refractivity contribution is 5.80. The van der Waals surface area contributed by atoms with Crippen LogP contribution in [0, 0.1) is 0 Å². The van der Waals surface area contributed by atoms with Crippen LogP contribution in [0.15, 0.2) is 29.4 Å². The Bertz CT molecular complexity index is 429. The minimum absolute atomic E-state index is 0.712. The summed E-state index contributed by atoms with van der Waals surface area (Å²) in [4.78, 5) is 13.3. The van der Waals surface area contributed by atoms with Crippen molar-refractivity contribution in [2.45, 2.75) is 6.92 Å². The summed E-state index contributed by atoms with van der Waals surface area (Å²) in [6.07, 6.45) is 1.84. The predicted molar refractivity (Wildman–Crippen MR) is 85.9 cm³/mol. The van der Waals surface area contributed by atoms with Crippen molar-refractivity contribution in [3.63, 3.8) is 0 Å². The molecule has 2 heterocycles. The van der Waals surface area contributed by atoms with Gasteiger partial charge in [0.25, 0.3) is 0 Å². The van der Waals surface area contributed by atoms with Crippen LogP contribution in [0.5, 0.6) is 0 Å². The second-order valence-electron chi connectivity index (χ2n) is 4.83. The van der Waals surface area contributed by atoms with Crippen molar-refractivity contribution < 1.29 is 4.74 Å². The van der Waals surface area contributed by atoms with E-state index in [1.54, 1.807) is 0 Å². The summed E-state index contributed by atoms with van der Waals surface area (Å²) >= 11 is 0. The van der Waals surface area contributed by atoms with E-state index in [1.165, 1.54) is 0 Å². The fourth-order valence-electron chi connectivity index (χ4n) is 2.40. The van der Waals surface area contributed by atoms with E-state index < -0.39 is 0 Å². The molecular weight excluding hydrogens is 266 g/mol. The Balaban J connectivity index is 1.79. The molecular formula is C15H25N5O. The molecule has 2 rings (SSSR count). The number of guanidine groups is 1. The third-order valence-electron chi connectivity index (χ3n) is 3.50. The van der Waals surface area contributed by atoms with Gasteiger partial charge in [-0.05, 0) is 19.1 Å². The van der Waals surface area contributed by atoms with Crippen molar-refractivity contribution in [2.24, 2.45) is 4.99 Å². The molecule has 1 aliphatic heterocycles. The van der Waals surface area contributed by atoms with Gasteiger partial charge in [-0.1, -0.05) is 6.07 Å². The summed E-state index contributed by atoms with van der Waals surface area (Å²) in [6.45, 7) is 8.08. The van der Waals surface area contributed by atoms with E-state index in [2.05, 4.69) is 31.2 Å². The molecule has 0 bridgehead atoms. The molecule has 21 heavy (non-hydrogen) atoms. The van der Waals surface area contributed by atoms with Crippen LogP contribution < -0.4 is 10.2 Å². The van der Waals surface area contributed by atoms with Crippen LogP contribution in [0.1, 0.15) is 6.92 Å². The number of nitrogens with one attached hydrogen (secondary N) is 1. The molecule has 1 saturated heterocycles. The van der Waals surface area contributed by atoms with Gasteiger partial charge in [0, 0.05) is 52.6 Å². The minimum atomic E-state index is 0.712. The van der Waals surface area contributed by atoms with Crippen LogP contribution in [0.2, 0.25) is 0 Å². The summed E-state index contributed by atoms with van der Waals surface area (Å²) < 4.78 is 5.34. The summed E-state index contributed by atoms with van der Waals surface area (Å²) in [5.74, 6) is 2.01. The third kappa shape index (κ3) is 4.60. The van der Waals surface area contributed by atoms with Gasteiger partial charge in [0.2, 0.25) is 0 Å². The maximum Gasteiger partial charge on any atom is 0.193 e. The van der Waals surface area contributed by atoms with Gasteiger partial charge in [-0.3, -0.25) is 4.99 Å². The Morgan fingerprint density at radius 1 is 1.33 bits per heavy atom. The fourth-order valence-corrected chi connectivity index (χ4v) is 2.40. The molecule has 0 atom stereocenters. The average Bonchev–Trinajstić information content (AvgIpc) is 2.56. The molecule has 0 amide bonds. The number of piperazine rings is 1. The number of ether oxygens (including phenoxy) is 1. The molecule has 0 aromatic carbocycles. The van der Waals surface area contributed by atoms with Gasteiger partial charge in [0.15, 0.2) is 5.96 Å². The molecule has 0 saturated carbocycles. The van der Waals surface area contributed by atoms with E-state index >= 15 is 0 Å². The van der Waals surface area contributed by atoms with Crippen molar-refractivity contribution in [3.8, 4) is 0 Å². The van der Waals surface area contributed by atoms with Crippen molar-refractivity contribution in [3.05, 3.63) is 24.4 Å². The summed E-state index contributed by atoms with van der Waals surface area (Å²) in [5, 5.41) is 3.35. The largest absolute Gasteiger partial charge is 0.380 e. The van der Waals surface area contributed by atoms with Gasteiger partial charge < -0.3 is 19.9 Å². The lowest BCUT2D eigenvalue weighted by atomic mass is 10.3. The lowest BCUT2D eigenvalue weighted by molar-refractivity contribution is 0.151. The highest BCUT2D eigenvalue weighted by Gasteiger charge is 2.19.